The van der Waals surface area contributed by atoms with Crippen LogP contribution < -0.4 is 0 Å². The Kier molecular flexibility index (Phi) is 3.28. The number of thiophene rings is 1. The predicted molar refractivity (Wildman–Crippen MR) is 64.8 cm³/mol. The third-order valence-electron chi connectivity index (χ3n) is 2.02. The number of benzene rings is 1. The molecule has 0 aliphatic carbocycles. The normalized spacial score (nSPS) is 10.7. The van der Waals surface area contributed by atoms with Gasteiger partial charge in [-0.2, -0.15) is 0 Å². The van der Waals surface area contributed by atoms with E-state index in [2.05, 4.69) is 17.5 Å². The van der Waals surface area contributed by atoms with Gasteiger partial charge in [-0.3, -0.25) is 4.79 Å². The molecule has 1 aromatic carbocycles. The quantitative estimate of drug-likeness (QED) is 0.829. The Morgan fingerprint density at radius 1 is 1.40 bits per heavy atom. The van der Waals surface area contributed by atoms with Crippen LogP contribution in [0.1, 0.15) is 6.42 Å². The molecule has 0 aliphatic heterocycles. The summed E-state index contributed by atoms with van der Waals surface area (Å²) in [6.45, 7) is 0. The van der Waals surface area contributed by atoms with Gasteiger partial charge in [0.1, 0.15) is 0 Å². The topological polar surface area (TPSA) is 37.3 Å². The molecule has 0 amide bonds. The minimum Gasteiger partial charge on any atom is -0.481 e. The summed E-state index contributed by atoms with van der Waals surface area (Å²) in [5.74, 6) is -0.0992. The fourth-order valence-electron chi connectivity index (χ4n) is 1.31. The number of carboxylic acids is 1. The van der Waals surface area contributed by atoms with Crippen molar-refractivity contribution in [2.75, 3.05) is 5.75 Å². The molecule has 78 valence electrons. The maximum Gasteiger partial charge on any atom is 0.304 e. The average Bonchev–Trinajstić information content (AvgIpc) is 2.62. The van der Waals surface area contributed by atoms with Gasteiger partial charge in [-0.15, -0.1) is 23.1 Å². The molecular formula is C11H10O2S2. The van der Waals surface area contributed by atoms with Crippen molar-refractivity contribution in [3.63, 3.8) is 0 Å². The number of hydrogen-bond donors (Lipinski definition) is 1. The van der Waals surface area contributed by atoms with E-state index in [9.17, 15) is 4.79 Å². The summed E-state index contributed by atoms with van der Waals surface area (Å²) >= 11 is 3.32. The Labute approximate surface area is 95.9 Å². The second kappa shape index (κ2) is 4.68. The molecule has 1 aromatic heterocycles. The van der Waals surface area contributed by atoms with E-state index in [0.717, 1.165) is 0 Å². The van der Waals surface area contributed by atoms with Crippen LogP contribution in [0.5, 0.6) is 0 Å². The van der Waals surface area contributed by atoms with Gasteiger partial charge in [0.05, 0.1) is 6.42 Å². The van der Waals surface area contributed by atoms with Gasteiger partial charge in [-0.05, 0) is 6.07 Å². The first-order valence-electron chi connectivity index (χ1n) is 4.58. The molecule has 2 nitrogen and oxygen atoms in total. The molecule has 0 aliphatic rings. The zero-order valence-corrected chi connectivity index (χ0v) is 9.61. The summed E-state index contributed by atoms with van der Waals surface area (Å²) in [5, 5.41) is 11.9. The molecular weight excluding hydrogens is 228 g/mol. The molecule has 0 saturated carbocycles. The standard InChI is InChI=1S/C11H10O2S2/c12-11(13)5-6-14-10-7-15-9-4-2-1-3-8(9)10/h1-4,7H,5-6H2,(H,12,13). The van der Waals surface area contributed by atoms with Gasteiger partial charge in [0.15, 0.2) is 0 Å². The molecule has 0 fully saturated rings. The second-order valence-corrected chi connectivity index (χ2v) is 5.14. The van der Waals surface area contributed by atoms with Crippen molar-refractivity contribution in [3.8, 4) is 0 Å². The Morgan fingerprint density at radius 2 is 2.20 bits per heavy atom. The van der Waals surface area contributed by atoms with Crippen LogP contribution in [0.15, 0.2) is 34.5 Å². The van der Waals surface area contributed by atoms with E-state index in [1.807, 2.05) is 12.1 Å². The van der Waals surface area contributed by atoms with Crippen molar-refractivity contribution in [2.24, 2.45) is 0 Å². The molecule has 0 unspecified atom stereocenters. The minimum absolute atomic E-state index is 0.217. The maximum atomic E-state index is 10.4. The van der Waals surface area contributed by atoms with Crippen LogP contribution in [0.3, 0.4) is 0 Å². The van der Waals surface area contributed by atoms with Crippen molar-refractivity contribution < 1.29 is 9.90 Å². The molecule has 0 saturated heterocycles. The molecule has 0 spiro atoms. The number of carboxylic acid groups (broad SMARTS) is 1. The number of fused-ring (bicyclic) bond motifs is 1. The van der Waals surface area contributed by atoms with Gasteiger partial charge in [0, 0.05) is 26.1 Å². The lowest BCUT2D eigenvalue weighted by molar-refractivity contribution is -0.136. The highest BCUT2D eigenvalue weighted by molar-refractivity contribution is 7.99. The van der Waals surface area contributed by atoms with Crippen molar-refractivity contribution in [2.45, 2.75) is 11.3 Å². The maximum absolute atomic E-state index is 10.4. The zero-order chi connectivity index (χ0) is 10.7. The predicted octanol–water partition coefficient (Wildman–Crippen LogP) is 3.47. The Bertz CT molecular complexity index is 476. The van der Waals surface area contributed by atoms with Gasteiger partial charge in [0.25, 0.3) is 0 Å². The summed E-state index contributed by atoms with van der Waals surface area (Å²) in [6, 6.07) is 8.19. The summed E-state index contributed by atoms with van der Waals surface area (Å²) in [5.41, 5.74) is 0. The number of thioether (sulfide) groups is 1. The van der Waals surface area contributed by atoms with E-state index >= 15 is 0 Å². The molecule has 2 aromatic rings. The lowest BCUT2D eigenvalue weighted by Crippen LogP contribution is -1.95. The number of aliphatic carboxylic acids is 1. The minimum atomic E-state index is -0.734. The van der Waals surface area contributed by atoms with Crippen molar-refractivity contribution in [1.29, 1.82) is 0 Å². The van der Waals surface area contributed by atoms with Gasteiger partial charge < -0.3 is 5.11 Å². The zero-order valence-electron chi connectivity index (χ0n) is 7.97. The highest BCUT2D eigenvalue weighted by atomic mass is 32.2. The number of rotatable bonds is 4. The lowest BCUT2D eigenvalue weighted by atomic mass is 10.3. The first kappa shape index (κ1) is 10.5. The SMILES string of the molecule is O=C(O)CCSc1csc2ccccc12. The summed E-state index contributed by atoms with van der Waals surface area (Å²) in [7, 11) is 0. The van der Waals surface area contributed by atoms with Crippen molar-refractivity contribution in [1.82, 2.24) is 0 Å². The Morgan fingerprint density at radius 3 is 3.00 bits per heavy atom. The fraction of sp³-hybridized carbons (Fsp3) is 0.182. The van der Waals surface area contributed by atoms with E-state index in [1.54, 1.807) is 23.1 Å². The molecule has 4 heteroatoms. The Hall–Kier alpha value is -1.00. The molecule has 15 heavy (non-hydrogen) atoms. The highest BCUT2D eigenvalue weighted by Gasteiger charge is 2.04. The van der Waals surface area contributed by atoms with E-state index < -0.39 is 5.97 Å². The molecule has 0 atom stereocenters. The van der Waals surface area contributed by atoms with Gasteiger partial charge in [0.2, 0.25) is 0 Å². The first-order valence-corrected chi connectivity index (χ1v) is 6.45. The lowest BCUT2D eigenvalue weighted by Gasteiger charge is -1.97. The summed E-state index contributed by atoms with van der Waals surface area (Å²) < 4.78 is 1.26. The van der Waals surface area contributed by atoms with E-state index in [0.29, 0.717) is 5.75 Å². The van der Waals surface area contributed by atoms with Crippen molar-refractivity contribution >= 4 is 39.2 Å². The summed E-state index contributed by atoms with van der Waals surface area (Å²) in [6.07, 6.45) is 0.217. The van der Waals surface area contributed by atoms with Gasteiger partial charge in [-0.1, -0.05) is 18.2 Å². The molecule has 1 heterocycles. The van der Waals surface area contributed by atoms with Crippen LogP contribution in [-0.2, 0) is 4.79 Å². The van der Waals surface area contributed by atoms with Gasteiger partial charge >= 0.3 is 5.97 Å². The Balaban J connectivity index is 2.11. The van der Waals surface area contributed by atoms with E-state index in [1.165, 1.54) is 15.0 Å². The van der Waals surface area contributed by atoms with Crippen LogP contribution in [-0.4, -0.2) is 16.8 Å². The second-order valence-electron chi connectivity index (χ2n) is 3.09. The van der Waals surface area contributed by atoms with E-state index in [-0.39, 0.29) is 6.42 Å². The highest BCUT2D eigenvalue weighted by Crippen LogP contribution is 2.33. The first-order chi connectivity index (χ1) is 7.27. The van der Waals surface area contributed by atoms with Crippen LogP contribution in [0.25, 0.3) is 10.1 Å². The van der Waals surface area contributed by atoms with Crippen LogP contribution in [0.4, 0.5) is 0 Å². The van der Waals surface area contributed by atoms with Crippen LogP contribution in [0, 0.1) is 0 Å². The smallest absolute Gasteiger partial charge is 0.304 e. The molecule has 1 N–H and O–H groups in total. The molecule has 0 bridgehead atoms. The van der Waals surface area contributed by atoms with E-state index in [4.69, 9.17) is 5.11 Å². The van der Waals surface area contributed by atoms with Crippen LogP contribution in [0.2, 0.25) is 0 Å². The largest absolute Gasteiger partial charge is 0.481 e. The number of hydrogen-bond acceptors (Lipinski definition) is 3. The van der Waals surface area contributed by atoms with Gasteiger partial charge in [-0.25, -0.2) is 0 Å². The molecule has 0 radical (unpaired) electrons. The average molecular weight is 238 g/mol. The third kappa shape index (κ3) is 2.52. The molecule has 2 rings (SSSR count). The number of carbonyl (C=O) groups is 1. The third-order valence-corrected chi connectivity index (χ3v) is 4.19. The monoisotopic (exact) mass is 238 g/mol. The fourth-order valence-corrected chi connectivity index (χ4v) is 3.45. The summed E-state index contributed by atoms with van der Waals surface area (Å²) in [4.78, 5) is 11.6. The van der Waals surface area contributed by atoms with Crippen LogP contribution >= 0.6 is 23.1 Å². The van der Waals surface area contributed by atoms with Crippen molar-refractivity contribution in [3.05, 3.63) is 29.6 Å².